The van der Waals surface area contributed by atoms with Crippen LogP contribution in [-0.2, 0) is 25.8 Å². The molecule has 1 fully saturated rings. The lowest BCUT2D eigenvalue weighted by Gasteiger charge is -2.24. The van der Waals surface area contributed by atoms with Gasteiger partial charge in [0.1, 0.15) is 24.1 Å². The molecule has 1 unspecified atom stereocenters. The highest BCUT2D eigenvalue weighted by Gasteiger charge is 2.31. The molecular formula is C26H28N6O5S2. The Morgan fingerprint density at radius 3 is 3.00 bits per heavy atom. The van der Waals surface area contributed by atoms with Gasteiger partial charge in [-0.15, -0.1) is 11.3 Å². The standard InChI is InChI=1S/C26H28N6O5S2/c1-15-18(24-26-31-20-4-2-3-5-21(20)32(26)8-9-36-24)11-22(38-15)23(33)19-12-28-14-29-25(19)30-17-7-6-16(10-17)13-37-39(27,34)35/h2-5,11-12,14,16-17,24H,6-10,13H2,1H3,(H2,27,34,35)(H,28,29,30)/t16-,17+,24?/m1/s1. The molecule has 1 saturated carbocycles. The molecule has 11 nitrogen and oxygen atoms in total. The number of aryl methyl sites for hydroxylation is 1. The Morgan fingerprint density at radius 2 is 2.15 bits per heavy atom. The van der Waals surface area contributed by atoms with Gasteiger partial charge < -0.3 is 14.6 Å². The minimum absolute atomic E-state index is 0.0183. The second kappa shape index (κ2) is 10.4. The van der Waals surface area contributed by atoms with Gasteiger partial charge in [0.15, 0.2) is 0 Å². The van der Waals surface area contributed by atoms with E-state index in [9.17, 15) is 13.2 Å². The van der Waals surface area contributed by atoms with Crippen molar-refractivity contribution in [2.75, 3.05) is 18.5 Å². The van der Waals surface area contributed by atoms with Gasteiger partial charge in [-0.25, -0.2) is 20.1 Å². The number of fused-ring (bicyclic) bond motifs is 3. The fraction of sp³-hybridized carbons (Fsp3) is 0.385. The number of para-hydroxylation sites is 2. The summed E-state index contributed by atoms with van der Waals surface area (Å²) >= 11 is 1.42. The van der Waals surface area contributed by atoms with Crippen molar-refractivity contribution in [2.45, 2.75) is 44.9 Å². The van der Waals surface area contributed by atoms with Gasteiger partial charge in [0.2, 0.25) is 5.78 Å². The summed E-state index contributed by atoms with van der Waals surface area (Å²) in [4.78, 5) is 28.5. The number of carbonyl (C=O) groups is 1. The summed E-state index contributed by atoms with van der Waals surface area (Å²) in [5, 5.41) is 8.31. The van der Waals surface area contributed by atoms with E-state index in [1.165, 1.54) is 23.9 Å². The highest BCUT2D eigenvalue weighted by Crippen LogP contribution is 2.38. The molecule has 4 heterocycles. The van der Waals surface area contributed by atoms with E-state index in [0.29, 0.717) is 29.3 Å². The summed E-state index contributed by atoms with van der Waals surface area (Å²) in [7, 11) is -3.97. The van der Waals surface area contributed by atoms with Crippen LogP contribution in [0, 0.1) is 12.8 Å². The number of carbonyl (C=O) groups excluding carboxylic acids is 1. The van der Waals surface area contributed by atoms with E-state index in [2.05, 4.69) is 25.9 Å². The number of thiophene rings is 1. The van der Waals surface area contributed by atoms with Crippen LogP contribution < -0.4 is 10.5 Å². The van der Waals surface area contributed by atoms with Gasteiger partial charge in [-0.3, -0.25) is 8.98 Å². The lowest BCUT2D eigenvalue weighted by molar-refractivity contribution is 0.0441. The third-order valence-corrected chi connectivity index (χ3v) is 8.82. The van der Waals surface area contributed by atoms with E-state index in [-0.39, 0.29) is 30.5 Å². The minimum atomic E-state index is -3.97. The van der Waals surface area contributed by atoms with Gasteiger partial charge in [-0.05, 0) is 50.3 Å². The highest BCUT2D eigenvalue weighted by molar-refractivity contribution is 7.84. The van der Waals surface area contributed by atoms with Crippen LogP contribution >= 0.6 is 11.3 Å². The predicted octanol–water partition coefficient (Wildman–Crippen LogP) is 3.35. The topological polar surface area (TPSA) is 151 Å². The lowest BCUT2D eigenvalue weighted by Crippen LogP contribution is -2.23. The first-order valence-electron chi connectivity index (χ1n) is 12.7. The third-order valence-electron chi connectivity index (χ3n) is 7.29. The van der Waals surface area contributed by atoms with Crippen LogP contribution in [-0.4, -0.2) is 53.0 Å². The Balaban J connectivity index is 1.22. The number of nitrogens with zero attached hydrogens (tertiary/aromatic N) is 4. The number of benzene rings is 1. The van der Waals surface area contributed by atoms with E-state index in [1.807, 2.05) is 31.2 Å². The minimum Gasteiger partial charge on any atom is -0.367 e. The van der Waals surface area contributed by atoms with Gasteiger partial charge in [0.25, 0.3) is 0 Å². The molecule has 0 radical (unpaired) electrons. The Bertz CT molecular complexity index is 1650. The molecule has 0 saturated heterocycles. The first-order valence-corrected chi connectivity index (χ1v) is 15.0. The zero-order valence-electron chi connectivity index (χ0n) is 21.2. The number of rotatable bonds is 8. The predicted molar refractivity (Wildman–Crippen MR) is 146 cm³/mol. The summed E-state index contributed by atoms with van der Waals surface area (Å²) in [5.74, 6) is 1.17. The van der Waals surface area contributed by atoms with Gasteiger partial charge in [-0.1, -0.05) is 12.1 Å². The second-order valence-electron chi connectivity index (χ2n) is 9.90. The number of hydrogen-bond acceptors (Lipinski definition) is 10. The van der Waals surface area contributed by atoms with Crippen molar-refractivity contribution in [2.24, 2.45) is 11.1 Å². The number of ether oxygens (including phenoxy) is 1. The number of aromatic nitrogens is 4. The Morgan fingerprint density at radius 1 is 1.31 bits per heavy atom. The lowest BCUT2D eigenvalue weighted by atomic mass is 10.1. The summed E-state index contributed by atoms with van der Waals surface area (Å²) < 4.78 is 35.4. The van der Waals surface area contributed by atoms with E-state index in [4.69, 9.17) is 19.0 Å². The SMILES string of the molecule is Cc1sc(C(=O)c2cncnc2N[C@H]2CC[C@@H](COS(N)(=O)=O)C2)cc1C1OCCn2c1nc1ccccc12. The fourth-order valence-corrected chi connectivity index (χ4v) is 6.83. The summed E-state index contributed by atoms with van der Waals surface area (Å²) in [6.07, 6.45) is 4.82. The van der Waals surface area contributed by atoms with E-state index >= 15 is 0 Å². The van der Waals surface area contributed by atoms with Crippen molar-refractivity contribution in [1.29, 1.82) is 0 Å². The summed E-state index contributed by atoms with van der Waals surface area (Å²) in [6, 6.07) is 9.96. The monoisotopic (exact) mass is 568 g/mol. The van der Waals surface area contributed by atoms with Gasteiger partial charge in [-0.2, -0.15) is 8.42 Å². The smallest absolute Gasteiger partial charge is 0.333 e. The number of imidazole rings is 1. The number of anilines is 1. The van der Waals surface area contributed by atoms with E-state index < -0.39 is 10.3 Å². The molecule has 1 aromatic carbocycles. The van der Waals surface area contributed by atoms with Crippen LogP contribution in [0.15, 0.2) is 42.9 Å². The molecule has 3 atom stereocenters. The van der Waals surface area contributed by atoms with Gasteiger partial charge in [0, 0.05) is 29.2 Å². The highest BCUT2D eigenvalue weighted by atomic mass is 32.2. The second-order valence-corrected chi connectivity index (χ2v) is 12.4. The van der Waals surface area contributed by atoms with Crippen LogP contribution in [0.4, 0.5) is 5.82 Å². The maximum Gasteiger partial charge on any atom is 0.333 e. The number of nitrogens with two attached hydrogens (primary N) is 1. The fourth-order valence-electron chi connectivity index (χ4n) is 5.45. The summed E-state index contributed by atoms with van der Waals surface area (Å²) in [6.45, 7) is 3.32. The number of hydrogen-bond donors (Lipinski definition) is 2. The van der Waals surface area contributed by atoms with Crippen LogP contribution in [0.2, 0.25) is 0 Å². The zero-order valence-corrected chi connectivity index (χ0v) is 22.9. The van der Waals surface area contributed by atoms with Crippen molar-refractivity contribution in [1.82, 2.24) is 19.5 Å². The molecule has 1 aliphatic carbocycles. The normalized spacial score (nSPS) is 21.2. The molecule has 13 heteroatoms. The largest absolute Gasteiger partial charge is 0.367 e. The van der Waals surface area contributed by atoms with Gasteiger partial charge >= 0.3 is 10.3 Å². The van der Waals surface area contributed by atoms with E-state index in [0.717, 1.165) is 46.7 Å². The first kappa shape index (κ1) is 26.0. The number of ketones is 1. The molecule has 0 amide bonds. The van der Waals surface area contributed by atoms with Crippen LogP contribution in [0.25, 0.3) is 11.0 Å². The maximum absolute atomic E-state index is 13.7. The molecule has 4 aromatic rings. The van der Waals surface area contributed by atoms with Crippen LogP contribution in [0.3, 0.4) is 0 Å². The van der Waals surface area contributed by atoms with E-state index in [1.54, 1.807) is 0 Å². The van der Waals surface area contributed by atoms with Crippen molar-refractivity contribution < 1.29 is 22.1 Å². The molecule has 0 bridgehead atoms. The zero-order chi connectivity index (χ0) is 27.1. The quantitative estimate of drug-likeness (QED) is 0.305. The average Bonchev–Trinajstić information content (AvgIpc) is 3.63. The molecule has 2 aliphatic rings. The molecule has 39 heavy (non-hydrogen) atoms. The Kier molecular flexibility index (Phi) is 6.93. The Labute approximate surface area is 229 Å². The molecule has 1 aliphatic heterocycles. The van der Waals surface area contributed by atoms with Crippen LogP contribution in [0.1, 0.15) is 56.9 Å². The van der Waals surface area contributed by atoms with Crippen molar-refractivity contribution >= 4 is 44.3 Å². The van der Waals surface area contributed by atoms with Crippen molar-refractivity contribution in [3.05, 3.63) is 69.6 Å². The average molecular weight is 569 g/mol. The summed E-state index contributed by atoms with van der Waals surface area (Å²) in [5.41, 5.74) is 3.31. The third kappa shape index (κ3) is 5.32. The van der Waals surface area contributed by atoms with Crippen molar-refractivity contribution in [3.8, 4) is 0 Å². The van der Waals surface area contributed by atoms with Gasteiger partial charge in [0.05, 0.1) is 34.7 Å². The Hall–Kier alpha value is -3.23. The molecule has 0 spiro atoms. The molecule has 3 aromatic heterocycles. The van der Waals surface area contributed by atoms with Crippen LogP contribution in [0.5, 0.6) is 0 Å². The molecule has 204 valence electrons. The molecule has 6 rings (SSSR count). The molecule has 3 N–H and O–H groups in total. The first-order chi connectivity index (χ1) is 18.8. The number of nitrogens with one attached hydrogen (secondary N) is 1. The van der Waals surface area contributed by atoms with Crippen molar-refractivity contribution in [3.63, 3.8) is 0 Å². The molecular weight excluding hydrogens is 540 g/mol. The maximum atomic E-state index is 13.7.